The molecule has 1 aliphatic heterocycles. The predicted molar refractivity (Wildman–Crippen MR) is 102 cm³/mol. The first-order valence-corrected chi connectivity index (χ1v) is 11.4. The van der Waals surface area contributed by atoms with Crippen LogP contribution in [-0.2, 0) is 11.0 Å². The van der Waals surface area contributed by atoms with E-state index in [9.17, 15) is 0 Å². The molecule has 1 aliphatic rings. The van der Waals surface area contributed by atoms with Gasteiger partial charge in [-0.2, -0.15) is 0 Å². The van der Waals surface area contributed by atoms with Crippen LogP contribution >= 0.6 is 0 Å². The van der Waals surface area contributed by atoms with Crippen LogP contribution in [0.15, 0.2) is 54.1 Å². The van der Waals surface area contributed by atoms with Crippen molar-refractivity contribution in [2.45, 2.75) is 45.4 Å². The standard InChI is InChI=1S/C20H31NOSi/c1-17-14-21(15-18-10-8-7-9-11-18)16-19(17)12-13-22-23(5,6)20(2,3)4/h7-12H,1,13-16H2,2-6H3/b19-12+. The van der Waals surface area contributed by atoms with Gasteiger partial charge in [-0.3, -0.25) is 4.90 Å². The third-order valence-electron chi connectivity index (χ3n) is 5.09. The van der Waals surface area contributed by atoms with E-state index in [0.29, 0.717) is 6.61 Å². The molecular weight excluding hydrogens is 298 g/mol. The van der Waals surface area contributed by atoms with Crippen molar-refractivity contribution in [2.75, 3.05) is 19.7 Å². The monoisotopic (exact) mass is 329 g/mol. The van der Waals surface area contributed by atoms with Gasteiger partial charge in [0, 0.05) is 19.6 Å². The molecule has 1 aromatic rings. The molecule has 0 bridgehead atoms. The quantitative estimate of drug-likeness (QED) is 0.704. The van der Waals surface area contributed by atoms with Crippen LogP contribution in [0.3, 0.4) is 0 Å². The van der Waals surface area contributed by atoms with Crippen molar-refractivity contribution in [3.05, 3.63) is 59.7 Å². The zero-order valence-electron chi connectivity index (χ0n) is 15.4. The highest BCUT2D eigenvalue weighted by Crippen LogP contribution is 2.36. The first kappa shape index (κ1) is 18.2. The first-order chi connectivity index (χ1) is 10.7. The first-order valence-electron chi connectivity index (χ1n) is 8.46. The Hall–Kier alpha value is -1.16. The molecule has 2 rings (SSSR count). The fourth-order valence-corrected chi connectivity index (χ4v) is 3.44. The summed E-state index contributed by atoms with van der Waals surface area (Å²) in [4.78, 5) is 2.44. The second kappa shape index (κ2) is 7.16. The number of likely N-dealkylation sites (tertiary alicyclic amines) is 1. The lowest BCUT2D eigenvalue weighted by Crippen LogP contribution is -2.40. The molecule has 0 amide bonds. The van der Waals surface area contributed by atoms with E-state index in [4.69, 9.17) is 4.43 Å². The minimum atomic E-state index is -1.66. The minimum Gasteiger partial charge on any atom is -0.413 e. The van der Waals surface area contributed by atoms with Crippen molar-refractivity contribution >= 4 is 8.32 Å². The van der Waals surface area contributed by atoms with E-state index < -0.39 is 8.32 Å². The van der Waals surface area contributed by atoms with Crippen LogP contribution < -0.4 is 0 Å². The highest BCUT2D eigenvalue weighted by molar-refractivity contribution is 6.74. The van der Waals surface area contributed by atoms with Gasteiger partial charge in [0.05, 0.1) is 6.61 Å². The van der Waals surface area contributed by atoms with E-state index in [0.717, 1.165) is 19.6 Å². The molecule has 0 aromatic heterocycles. The second-order valence-electron chi connectivity index (χ2n) is 8.03. The lowest BCUT2D eigenvalue weighted by molar-refractivity contribution is 0.325. The Labute approximate surface area is 143 Å². The summed E-state index contributed by atoms with van der Waals surface area (Å²) in [5.74, 6) is 0. The number of hydrogen-bond acceptors (Lipinski definition) is 2. The molecule has 0 radical (unpaired) electrons. The van der Waals surface area contributed by atoms with Crippen LogP contribution in [0.25, 0.3) is 0 Å². The molecule has 1 saturated heterocycles. The van der Waals surface area contributed by atoms with Gasteiger partial charge in [0.25, 0.3) is 0 Å². The average Bonchev–Trinajstić information content (AvgIpc) is 2.78. The summed E-state index contributed by atoms with van der Waals surface area (Å²) in [6.45, 7) is 19.3. The molecule has 3 heteroatoms. The van der Waals surface area contributed by atoms with Crippen LogP contribution in [0.5, 0.6) is 0 Å². The second-order valence-corrected chi connectivity index (χ2v) is 12.8. The van der Waals surface area contributed by atoms with Crippen molar-refractivity contribution in [3.63, 3.8) is 0 Å². The normalized spacial score (nSPS) is 18.8. The van der Waals surface area contributed by atoms with Crippen molar-refractivity contribution in [3.8, 4) is 0 Å². The minimum absolute atomic E-state index is 0.261. The molecule has 1 heterocycles. The molecule has 2 nitrogen and oxygen atoms in total. The highest BCUT2D eigenvalue weighted by Gasteiger charge is 2.36. The van der Waals surface area contributed by atoms with Crippen molar-refractivity contribution < 1.29 is 4.43 Å². The van der Waals surface area contributed by atoms with Crippen LogP contribution in [-0.4, -0.2) is 32.9 Å². The lowest BCUT2D eigenvalue weighted by Gasteiger charge is -2.35. The van der Waals surface area contributed by atoms with E-state index in [-0.39, 0.29) is 5.04 Å². The van der Waals surface area contributed by atoms with Crippen LogP contribution in [0, 0.1) is 0 Å². The summed E-state index contributed by atoms with van der Waals surface area (Å²) < 4.78 is 6.26. The Kier molecular flexibility index (Phi) is 5.66. The summed E-state index contributed by atoms with van der Waals surface area (Å²) in [6.07, 6.45) is 2.24. The van der Waals surface area contributed by atoms with Crippen LogP contribution in [0.4, 0.5) is 0 Å². The van der Waals surface area contributed by atoms with E-state index in [2.05, 4.69) is 81.8 Å². The van der Waals surface area contributed by atoms with Crippen molar-refractivity contribution in [1.29, 1.82) is 0 Å². The molecular formula is C20H31NOSi. The summed E-state index contributed by atoms with van der Waals surface area (Å²) >= 11 is 0. The number of nitrogens with zero attached hydrogens (tertiary/aromatic N) is 1. The van der Waals surface area contributed by atoms with Crippen LogP contribution in [0.1, 0.15) is 26.3 Å². The number of rotatable bonds is 5. The molecule has 1 aromatic carbocycles. The van der Waals surface area contributed by atoms with Gasteiger partial charge < -0.3 is 4.43 Å². The van der Waals surface area contributed by atoms with Gasteiger partial charge >= 0.3 is 0 Å². The van der Waals surface area contributed by atoms with E-state index in [1.807, 2.05) is 0 Å². The zero-order valence-corrected chi connectivity index (χ0v) is 16.4. The van der Waals surface area contributed by atoms with Crippen LogP contribution in [0.2, 0.25) is 18.1 Å². The fraction of sp³-hybridized carbons (Fsp3) is 0.500. The average molecular weight is 330 g/mol. The molecule has 0 unspecified atom stereocenters. The zero-order chi connectivity index (χ0) is 17.1. The fourth-order valence-electron chi connectivity index (χ4n) is 2.51. The van der Waals surface area contributed by atoms with E-state index >= 15 is 0 Å². The van der Waals surface area contributed by atoms with Gasteiger partial charge in [0.15, 0.2) is 8.32 Å². The molecule has 126 valence electrons. The Morgan fingerprint density at radius 1 is 1.17 bits per heavy atom. The third-order valence-corrected chi connectivity index (χ3v) is 9.59. The summed E-state index contributed by atoms with van der Waals surface area (Å²) in [6, 6.07) is 10.6. The maximum Gasteiger partial charge on any atom is 0.192 e. The topological polar surface area (TPSA) is 12.5 Å². The maximum atomic E-state index is 6.26. The van der Waals surface area contributed by atoms with E-state index in [1.54, 1.807) is 0 Å². The van der Waals surface area contributed by atoms with Gasteiger partial charge in [-0.25, -0.2) is 0 Å². The lowest BCUT2D eigenvalue weighted by atomic mass is 10.1. The van der Waals surface area contributed by atoms with Gasteiger partial charge in [0.2, 0.25) is 0 Å². The molecule has 0 atom stereocenters. The molecule has 1 fully saturated rings. The van der Waals surface area contributed by atoms with Gasteiger partial charge in [-0.15, -0.1) is 0 Å². The van der Waals surface area contributed by atoms with Gasteiger partial charge in [-0.1, -0.05) is 63.8 Å². The molecule has 23 heavy (non-hydrogen) atoms. The number of benzene rings is 1. The molecule has 0 spiro atoms. The SMILES string of the molecule is C=C1CN(Cc2ccccc2)C/C1=C\CO[Si](C)(C)C(C)(C)C. The highest BCUT2D eigenvalue weighted by atomic mass is 28.4. The number of hydrogen-bond donors (Lipinski definition) is 0. The van der Waals surface area contributed by atoms with Gasteiger partial charge in [0.1, 0.15) is 0 Å². The predicted octanol–water partition coefficient (Wildman–Crippen LogP) is 5.01. The van der Waals surface area contributed by atoms with Gasteiger partial charge in [-0.05, 0) is 34.8 Å². The Bertz CT molecular complexity index is 569. The summed E-state index contributed by atoms with van der Waals surface area (Å²) in [7, 11) is -1.66. The largest absolute Gasteiger partial charge is 0.413 e. The van der Waals surface area contributed by atoms with E-state index in [1.165, 1.54) is 16.7 Å². The summed E-state index contributed by atoms with van der Waals surface area (Å²) in [5, 5.41) is 0.261. The molecule has 0 saturated carbocycles. The Balaban J connectivity index is 1.90. The molecule has 0 aliphatic carbocycles. The molecule has 0 N–H and O–H groups in total. The Morgan fingerprint density at radius 2 is 1.83 bits per heavy atom. The van der Waals surface area contributed by atoms with Crippen molar-refractivity contribution in [2.24, 2.45) is 0 Å². The smallest absolute Gasteiger partial charge is 0.192 e. The Morgan fingerprint density at radius 3 is 2.43 bits per heavy atom. The maximum absolute atomic E-state index is 6.26. The summed E-state index contributed by atoms with van der Waals surface area (Å²) in [5.41, 5.74) is 3.94. The van der Waals surface area contributed by atoms with Crippen molar-refractivity contribution in [1.82, 2.24) is 4.90 Å². The third kappa shape index (κ3) is 4.90.